The van der Waals surface area contributed by atoms with Crippen molar-refractivity contribution in [3.8, 4) is 11.5 Å². The lowest BCUT2D eigenvalue weighted by Gasteiger charge is -2.15. The summed E-state index contributed by atoms with van der Waals surface area (Å²) in [4.78, 5) is 30.5. The quantitative estimate of drug-likeness (QED) is 0.144. The highest BCUT2D eigenvalue weighted by molar-refractivity contribution is 14.1. The molecule has 0 unspecified atom stereocenters. The molecule has 202 valence electrons. The zero-order valence-corrected chi connectivity index (χ0v) is 25.4. The predicted molar refractivity (Wildman–Crippen MR) is 166 cm³/mol. The maximum atomic E-state index is 13.4. The molecule has 1 N–H and O–H groups in total. The monoisotopic (exact) mass is 702 g/mol. The standard InChI is InChI=1S/C29H28BrIN4O4/c1-3-5-11-26-34-24-13-12-20(30)16-22(24)29(37)35(26)32-17-19-14-23(31)28(25(15-19)38-4-2)39-18-27(36)33-21-9-7-6-8-10-21/h6-10,12-17H,3-5,11,18H2,1-2H3,(H,33,36). The average Bonchev–Trinajstić information content (AvgIpc) is 2.92. The molecular formula is C29H28BrIN4O4. The molecule has 0 saturated carbocycles. The lowest BCUT2D eigenvalue weighted by molar-refractivity contribution is -0.118. The topological polar surface area (TPSA) is 94.8 Å². The van der Waals surface area contributed by atoms with Gasteiger partial charge < -0.3 is 14.8 Å². The number of ether oxygens (including phenoxy) is 2. The zero-order valence-electron chi connectivity index (χ0n) is 21.6. The Hall–Kier alpha value is -3.25. The molecule has 0 aliphatic carbocycles. The van der Waals surface area contributed by atoms with Crippen LogP contribution in [0, 0.1) is 3.57 Å². The van der Waals surface area contributed by atoms with E-state index in [1.807, 2.05) is 55.5 Å². The van der Waals surface area contributed by atoms with E-state index in [1.54, 1.807) is 18.3 Å². The second-order valence-electron chi connectivity index (χ2n) is 8.62. The van der Waals surface area contributed by atoms with Crippen LogP contribution in [0.25, 0.3) is 10.9 Å². The molecule has 4 rings (SSSR count). The van der Waals surface area contributed by atoms with Gasteiger partial charge in [-0.05, 0) is 84.0 Å². The number of fused-ring (bicyclic) bond motifs is 1. The third kappa shape index (κ3) is 7.45. The van der Waals surface area contributed by atoms with Gasteiger partial charge in [-0.15, -0.1) is 0 Å². The third-order valence-corrected chi connectivity index (χ3v) is 6.98. The fraction of sp³-hybridized carbons (Fsp3) is 0.241. The minimum absolute atomic E-state index is 0.174. The van der Waals surface area contributed by atoms with Gasteiger partial charge in [-0.25, -0.2) is 4.98 Å². The van der Waals surface area contributed by atoms with Crippen molar-refractivity contribution in [3.05, 3.63) is 90.4 Å². The van der Waals surface area contributed by atoms with Gasteiger partial charge in [0.05, 0.1) is 27.3 Å². The molecule has 39 heavy (non-hydrogen) atoms. The van der Waals surface area contributed by atoms with E-state index in [9.17, 15) is 9.59 Å². The van der Waals surface area contributed by atoms with Gasteiger partial charge in [0, 0.05) is 16.6 Å². The van der Waals surface area contributed by atoms with Gasteiger partial charge >= 0.3 is 0 Å². The lowest BCUT2D eigenvalue weighted by atomic mass is 10.2. The molecule has 1 heterocycles. The summed E-state index contributed by atoms with van der Waals surface area (Å²) in [5, 5.41) is 7.83. The van der Waals surface area contributed by atoms with E-state index in [-0.39, 0.29) is 18.1 Å². The maximum Gasteiger partial charge on any atom is 0.282 e. The molecule has 0 radical (unpaired) electrons. The Bertz CT molecular complexity index is 1560. The first-order chi connectivity index (χ1) is 18.9. The van der Waals surface area contributed by atoms with Gasteiger partial charge in [-0.1, -0.05) is 47.5 Å². The Morgan fingerprint density at radius 1 is 1.13 bits per heavy atom. The highest BCUT2D eigenvalue weighted by Crippen LogP contribution is 2.34. The van der Waals surface area contributed by atoms with Crippen molar-refractivity contribution in [1.29, 1.82) is 0 Å². The first-order valence-corrected chi connectivity index (χ1v) is 14.5. The van der Waals surface area contributed by atoms with Crippen LogP contribution < -0.4 is 20.3 Å². The number of amides is 1. The van der Waals surface area contributed by atoms with Gasteiger partial charge in [0.1, 0.15) is 5.82 Å². The number of anilines is 1. The van der Waals surface area contributed by atoms with Crippen LogP contribution in [0.2, 0.25) is 0 Å². The second-order valence-corrected chi connectivity index (χ2v) is 10.7. The minimum Gasteiger partial charge on any atom is -0.490 e. The summed E-state index contributed by atoms with van der Waals surface area (Å²) in [6.07, 6.45) is 4.10. The normalized spacial score (nSPS) is 11.2. The lowest BCUT2D eigenvalue weighted by Crippen LogP contribution is -2.22. The van der Waals surface area contributed by atoms with E-state index in [1.165, 1.54) is 4.68 Å². The number of unbranched alkanes of at least 4 members (excludes halogenated alkanes) is 1. The third-order valence-electron chi connectivity index (χ3n) is 5.69. The highest BCUT2D eigenvalue weighted by Gasteiger charge is 2.15. The smallest absolute Gasteiger partial charge is 0.282 e. The largest absolute Gasteiger partial charge is 0.490 e. The molecule has 0 fully saturated rings. The molecule has 4 aromatic rings. The first-order valence-electron chi connectivity index (χ1n) is 12.6. The van der Waals surface area contributed by atoms with Crippen LogP contribution in [0.5, 0.6) is 11.5 Å². The molecule has 0 spiro atoms. The fourth-order valence-corrected chi connectivity index (χ4v) is 5.00. The number of nitrogens with zero attached hydrogens (tertiary/aromatic N) is 3. The molecule has 0 atom stereocenters. The predicted octanol–water partition coefficient (Wildman–Crippen LogP) is 6.40. The summed E-state index contributed by atoms with van der Waals surface area (Å²) >= 11 is 5.58. The Balaban J connectivity index is 1.61. The number of benzene rings is 3. The number of halogens is 2. The van der Waals surface area contributed by atoms with Gasteiger partial charge in [0.25, 0.3) is 11.5 Å². The van der Waals surface area contributed by atoms with E-state index in [0.717, 1.165) is 20.9 Å². The van der Waals surface area contributed by atoms with Crippen molar-refractivity contribution in [2.45, 2.75) is 33.1 Å². The minimum atomic E-state index is -0.278. The Labute approximate surface area is 248 Å². The molecule has 0 aliphatic heterocycles. The molecule has 10 heteroatoms. The number of nitrogens with one attached hydrogen (secondary N) is 1. The molecule has 0 saturated heterocycles. The van der Waals surface area contributed by atoms with E-state index < -0.39 is 0 Å². The molecule has 3 aromatic carbocycles. The van der Waals surface area contributed by atoms with Crippen LogP contribution in [0.4, 0.5) is 5.69 Å². The van der Waals surface area contributed by atoms with Crippen LogP contribution in [0.1, 0.15) is 38.1 Å². The number of hydrogen-bond donors (Lipinski definition) is 1. The van der Waals surface area contributed by atoms with Crippen molar-refractivity contribution < 1.29 is 14.3 Å². The number of rotatable bonds is 11. The fourth-order valence-electron chi connectivity index (χ4n) is 3.86. The number of hydrogen-bond acceptors (Lipinski definition) is 6. The van der Waals surface area contributed by atoms with E-state index >= 15 is 0 Å². The Morgan fingerprint density at radius 2 is 1.92 bits per heavy atom. The second kappa shape index (κ2) is 13.7. The number of aryl methyl sites for hydroxylation is 1. The van der Waals surface area contributed by atoms with Crippen LogP contribution >= 0.6 is 38.5 Å². The SMILES string of the molecule is CCCCc1nc2ccc(Br)cc2c(=O)n1N=Cc1cc(I)c(OCC(=O)Nc2ccccc2)c(OCC)c1. The summed E-state index contributed by atoms with van der Waals surface area (Å²) in [6, 6.07) is 18.3. The Kier molecular flexibility index (Phi) is 10.1. The van der Waals surface area contributed by atoms with E-state index in [2.05, 4.69) is 55.9 Å². The van der Waals surface area contributed by atoms with Crippen LogP contribution in [-0.2, 0) is 11.2 Å². The van der Waals surface area contributed by atoms with E-state index in [0.29, 0.717) is 52.5 Å². The molecule has 0 bridgehead atoms. The van der Waals surface area contributed by atoms with Gasteiger partial charge in [0.2, 0.25) is 0 Å². The summed E-state index contributed by atoms with van der Waals surface area (Å²) in [7, 11) is 0. The van der Waals surface area contributed by atoms with Crippen LogP contribution in [0.3, 0.4) is 0 Å². The summed E-state index contributed by atoms with van der Waals surface area (Å²) in [6.45, 7) is 4.20. The van der Waals surface area contributed by atoms with Gasteiger partial charge in [0.15, 0.2) is 18.1 Å². The number of para-hydroxylation sites is 1. The number of aromatic nitrogens is 2. The van der Waals surface area contributed by atoms with Crippen molar-refractivity contribution in [3.63, 3.8) is 0 Å². The van der Waals surface area contributed by atoms with Crippen molar-refractivity contribution in [2.24, 2.45) is 5.10 Å². The van der Waals surface area contributed by atoms with E-state index in [4.69, 9.17) is 14.5 Å². The van der Waals surface area contributed by atoms with Crippen molar-refractivity contribution in [1.82, 2.24) is 9.66 Å². The molecule has 1 aromatic heterocycles. The molecule has 0 aliphatic rings. The summed E-state index contributed by atoms with van der Waals surface area (Å²) < 4.78 is 14.6. The van der Waals surface area contributed by atoms with Gasteiger partial charge in [-0.2, -0.15) is 9.78 Å². The first kappa shape index (κ1) is 28.8. The van der Waals surface area contributed by atoms with Crippen molar-refractivity contribution in [2.75, 3.05) is 18.5 Å². The Morgan fingerprint density at radius 3 is 2.67 bits per heavy atom. The zero-order chi connectivity index (χ0) is 27.8. The average molecular weight is 703 g/mol. The number of carbonyl (C=O) groups excluding carboxylic acids is 1. The molecule has 8 nitrogen and oxygen atoms in total. The highest BCUT2D eigenvalue weighted by atomic mass is 127. The summed E-state index contributed by atoms with van der Waals surface area (Å²) in [5.74, 6) is 1.28. The molecular weight excluding hydrogens is 675 g/mol. The van der Waals surface area contributed by atoms with Gasteiger partial charge in [-0.3, -0.25) is 9.59 Å². The molecule has 1 amide bonds. The van der Waals surface area contributed by atoms with Crippen LogP contribution in [-0.4, -0.2) is 35.0 Å². The van der Waals surface area contributed by atoms with Crippen molar-refractivity contribution >= 4 is 67.2 Å². The number of carbonyl (C=O) groups is 1. The van der Waals surface area contributed by atoms with Crippen LogP contribution in [0.15, 0.2) is 75.0 Å². The maximum absolute atomic E-state index is 13.4. The summed E-state index contributed by atoms with van der Waals surface area (Å²) in [5.41, 5.74) is 1.83.